The molecule has 164 valence electrons. The monoisotopic (exact) mass is 479 g/mol. The van der Waals surface area contributed by atoms with Crippen LogP contribution in [0.2, 0.25) is 4.34 Å². The maximum atomic E-state index is 12.8. The second-order valence-electron chi connectivity index (χ2n) is 7.17. The lowest BCUT2D eigenvalue weighted by Crippen LogP contribution is -2.51. The molecule has 1 aliphatic heterocycles. The van der Waals surface area contributed by atoms with Crippen molar-refractivity contribution >= 4 is 38.9 Å². The van der Waals surface area contributed by atoms with Crippen LogP contribution in [0.3, 0.4) is 0 Å². The number of amides is 1. The van der Waals surface area contributed by atoms with Gasteiger partial charge in [0.25, 0.3) is 10.0 Å². The van der Waals surface area contributed by atoms with Gasteiger partial charge in [0.15, 0.2) is 0 Å². The summed E-state index contributed by atoms with van der Waals surface area (Å²) in [6.45, 7) is 1.78. The Kier molecular flexibility index (Phi) is 6.78. The molecule has 3 aromatic rings. The van der Waals surface area contributed by atoms with Crippen molar-refractivity contribution < 1.29 is 17.6 Å². The Hall–Kier alpha value is -2.17. The Morgan fingerprint density at radius 1 is 1.06 bits per heavy atom. The number of benzene rings is 1. The summed E-state index contributed by atoms with van der Waals surface area (Å²) in [6, 6.07) is 16.0. The van der Waals surface area contributed by atoms with E-state index < -0.39 is 10.0 Å². The highest BCUT2D eigenvalue weighted by atomic mass is 35.5. The lowest BCUT2D eigenvalue weighted by Gasteiger charge is -2.33. The van der Waals surface area contributed by atoms with Gasteiger partial charge in [0.1, 0.15) is 16.0 Å². The number of thiophene rings is 1. The van der Waals surface area contributed by atoms with E-state index in [2.05, 4.69) is 5.32 Å². The summed E-state index contributed by atoms with van der Waals surface area (Å²) in [5.74, 6) is 0.511. The number of hydrogen-bond donors (Lipinski definition) is 1. The highest BCUT2D eigenvalue weighted by molar-refractivity contribution is 7.91. The van der Waals surface area contributed by atoms with Crippen molar-refractivity contribution in [1.29, 1.82) is 0 Å². The van der Waals surface area contributed by atoms with Gasteiger partial charge < -0.3 is 9.73 Å². The average Bonchev–Trinajstić information content (AvgIpc) is 3.45. The van der Waals surface area contributed by atoms with Gasteiger partial charge in [-0.15, -0.1) is 11.3 Å². The van der Waals surface area contributed by atoms with Crippen LogP contribution >= 0.6 is 22.9 Å². The standard InChI is InChI=1S/C21H22ClN3O4S2/c22-18-8-9-20(30-18)31(27,28)25-12-10-24(11-13-25)15-19(26)23-21(17-7-4-14-29-17)16-5-2-1-3-6-16/h1-9,14,21H,10-13,15H2,(H,23,26). The molecule has 1 aliphatic rings. The molecule has 1 atom stereocenters. The maximum absolute atomic E-state index is 12.8. The predicted octanol–water partition coefficient (Wildman–Crippen LogP) is 3.21. The molecule has 1 N–H and O–H groups in total. The van der Waals surface area contributed by atoms with Crippen molar-refractivity contribution in [3.05, 3.63) is 76.5 Å². The number of furan rings is 1. The fourth-order valence-corrected chi connectivity index (χ4v) is 6.58. The molecule has 0 bridgehead atoms. The van der Waals surface area contributed by atoms with Crippen LogP contribution in [-0.4, -0.2) is 56.3 Å². The summed E-state index contributed by atoms with van der Waals surface area (Å²) in [7, 11) is -3.55. The van der Waals surface area contributed by atoms with Crippen molar-refractivity contribution in [3.63, 3.8) is 0 Å². The van der Waals surface area contributed by atoms with Crippen molar-refractivity contribution in [2.45, 2.75) is 10.3 Å². The first-order chi connectivity index (χ1) is 14.9. The molecular weight excluding hydrogens is 458 g/mol. The van der Waals surface area contributed by atoms with E-state index in [0.717, 1.165) is 16.9 Å². The van der Waals surface area contributed by atoms with E-state index in [1.54, 1.807) is 18.4 Å². The minimum atomic E-state index is -3.55. The molecule has 3 heterocycles. The van der Waals surface area contributed by atoms with Gasteiger partial charge in [0, 0.05) is 26.2 Å². The van der Waals surface area contributed by atoms with Gasteiger partial charge in [-0.1, -0.05) is 41.9 Å². The summed E-state index contributed by atoms with van der Waals surface area (Å²) in [4.78, 5) is 14.7. The molecule has 0 aliphatic carbocycles. The van der Waals surface area contributed by atoms with E-state index in [-0.39, 0.29) is 22.7 Å². The quantitative estimate of drug-likeness (QED) is 0.562. The number of piperazine rings is 1. The fourth-order valence-electron chi connectivity index (χ4n) is 3.52. The summed E-state index contributed by atoms with van der Waals surface area (Å²) in [6.07, 6.45) is 1.58. The third-order valence-electron chi connectivity index (χ3n) is 5.11. The summed E-state index contributed by atoms with van der Waals surface area (Å²) < 4.78 is 33.1. The van der Waals surface area contributed by atoms with E-state index in [0.29, 0.717) is 36.3 Å². The molecule has 1 amide bonds. The zero-order chi connectivity index (χ0) is 21.8. The Morgan fingerprint density at radius 3 is 2.42 bits per heavy atom. The lowest BCUT2D eigenvalue weighted by molar-refractivity contribution is -0.123. The average molecular weight is 480 g/mol. The van der Waals surface area contributed by atoms with Crippen LogP contribution in [0, 0.1) is 0 Å². The molecule has 2 aromatic heterocycles. The zero-order valence-corrected chi connectivity index (χ0v) is 19.0. The first-order valence-corrected chi connectivity index (χ1v) is 12.4. The molecule has 1 fully saturated rings. The molecule has 31 heavy (non-hydrogen) atoms. The minimum Gasteiger partial charge on any atom is -0.467 e. The van der Waals surface area contributed by atoms with Gasteiger partial charge in [-0.2, -0.15) is 4.31 Å². The molecule has 4 rings (SSSR count). The Balaban J connectivity index is 1.35. The van der Waals surface area contributed by atoms with Crippen LogP contribution in [0.1, 0.15) is 17.4 Å². The molecular formula is C21H22ClN3O4S2. The molecule has 1 aromatic carbocycles. The van der Waals surface area contributed by atoms with Gasteiger partial charge >= 0.3 is 0 Å². The van der Waals surface area contributed by atoms with Crippen molar-refractivity contribution in [2.75, 3.05) is 32.7 Å². The van der Waals surface area contributed by atoms with Crippen molar-refractivity contribution in [2.24, 2.45) is 0 Å². The molecule has 0 spiro atoms. The van der Waals surface area contributed by atoms with Crippen LogP contribution in [0.25, 0.3) is 0 Å². The van der Waals surface area contributed by atoms with Gasteiger partial charge in [0.2, 0.25) is 5.91 Å². The van der Waals surface area contributed by atoms with E-state index in [4.69, 9.17) is 16.0 Å². The van der Waals surface area contributed by atoms with E-state index in [1.807, 2.05) is 41.3 Å². The zero-order valence-electron chi connectivity index (χ0n) is 16.6. The van der Waals surface area contributed by atoms with Crippen LogP contribution < -0.4 is 5.32 Å². The molecule has 1 unspecified atom stereocenters. The molecule has 0 radical (unpaired) electrons. The highest BCUT2D eigenvalue weighted by Crippen LogP contribution is 2.28. The SMILES string of the molecule is O=C(CN1CCN(S(=O)(=O)c2ccc(Cl)s2)CC1)NC(c1ccccc1)c1ccco1. The Bertz CT molecular complexity index is 1110. The van der Waals surface area contributed by atoms with E-state index in [9.17, 15) is 13.2 Å². The molecule has 1 saturated heterocycles. The van der Waals surface area contributed by atoms with Gasteiger partial charge in [-0.05, 0) is 29.8 Å². The maximum Gasteiger partial charge on any atom is 0.252 e. The fraction of sp³-hybridized carbons (Fsp3) is 0.286. The number of nitrogens with zero attached hydrogens (tertiary/aromatic N) is 2. The number of sulfonamides is 1. The van der Waals surface area contributed by atoms with Crippen LogP contribution in [0.5, 0.6) is 0 Å². The van der Waals surface area contributed by atoms with E-state index in [1.165, 1.54) is 10.4 Å². The molecule has 7 nitrogen and oxygen atoms in total. The van der Waals surface area contributed by atoms with Crippen LogP contribution in [0.15, 0.2) is 69.5 Å². The predicted molar refractivity (Wildman–Crippen MR) is 120 cm³/mol. The summed E-state index contributed by atoms with van der Waals surface area (Å²) in [5, 5.41) is 3.03. The summed E-state index contributed by atoms with van der Waals surface area (Å²) >= 11 is 6.94. The highest BCUT2D eigenvalue weighted by Gasteiger charge is 2.30. The van der Waals surface area contributed by atoms with Crippen LogP contribution in [-0.2, 0) is 14.8 Å². The normalized spacial score (nSPS) is 16.8. The van der Waals surface area contributed by atoms with Gasteiger partial charge in [0.05, 0.1) is 17.1 Å². The Labute approximate surface area is 190 Å². The number of halogens is 1. The second kappa shape index (κ2) is 9.54. The van der Waals surface area contributed by atoms with Crippen LogP contribution in [0.4, 0.5) is 0 Å². The first kappa shape index (κ1) is 22.0. The number of hydrogen-bond acceptors (Lipinski definition) is 6. The first-order valence-electron chi connectivity index (χ1n) is 9.79. The third-order valence-corrected chi connectivity index (χ3v) is 8.70. The lowest BCUT2D eigenvalue weighted by atomic mass is 10.0. The smallest absolute Gasteiger partial charge is 0.252 e. The van der Waals surface area contributed by atoms with Crippen molar-refractivity contribution in [3.8, 4) is 0 Å². The number of nitrogens with one attached hydrogen (secondary N) is 1. The molecule has 10 heteroatoms. The summed E-state index contributed by atoms with van der Waals surface area (Å²) in [5.41, 5.74) is 0.927. The number of rotatable bonds is 7. The third kappa shape index (κ3) is 5.19. The Morgan fingerprint density at radius 2 is 1.81 bits per heavy atom. The second-order valence-corrected chi connectivity index (χ2v) is 11.0. The number of carbonyl (C=O) groups excluding carboxylic acids is 1. The molecule has 0 saturated carbocycles. The van der Waals surface area contributed by atoms with Crippen molar-refractivity contribution in [1.82, 2.24) is 14.5 Å². The topological polar surface area (TPSA) is 82.9 Å². The largest absolute Gasteiger partial charge is 0.467 e. The minimum absolute atomic E-state index is 0.147. The van der Waals surface area contributed by atoms with E-state index >= 15 is 0 Å². The van der Waals surface area contributed by atoms with Gasteiger partial charge in [-0.3, -0.25) is 9.69 Å². The number of carbonyl (C=O) groups is 1. The van der Waals surface area contributed by atoms with Gasteiger partial charge in [-0.25, -0.2) is 8.42 Å².